The van der Waals surface area contributed by atoms with Gasteiger partial charge in [-0.3, -0.25) is 0 Å². The van der Waals surface area contributed by atoms with Gasteiger partial charge in [-0.1, -0.05) is 15.9 Å². The second-order valence-electron chi connectivity index (χ2n) is 4.35. The molecule has 8 heteroatoms. The number of rotatable bonds is 1. The summed E-state index contributed by atoms with van der Waals surface area (Å²) in [5.41, 5.74) is -1.48. The molecule has 0 spiro atoms. The quantitative estimate of drug-likeness (QED) is 0.609. The minimum atomic E-state index is -4.52. The van der Waals surface area contributed by atoms with Gasteiger partial charge in [0.25, 0.3) is 0 Å². The van der Waals surface area contributed by atoms with Crippen molar-refractivity contribution in [2.24, 2.45) is 0 Å². The zero-order valence-electron chi connectivity index (χ0n) is 10.3. The molecule has 0 N–H and O–H groups in total. The van der Waals surface area contributed by atoms with Crippen molar-refractivity contribution in [2.75, 3.05) is 11.4 Å². The van der Waals surface area contributed by atoms with Crippen molar-refractivity contribution in [3.8, 4) is 0 Å². The van der Waals surface area contributed by atoms with Gasteiger partial charge in [-0.25, -0.2) is 0 Å². The Kier molecular flexibility index (Phi) is 4.10. The van der Waals surface area contributed by atoms with Crippen molar-refractivity contribution < 1.29 is 26.3 Å². The van der Waals surface area contributed by atoms with Gasteiger partial charge in [-0.05, 0) is 30.3 Å². The molecule has 1 nitrogen and oxygen atoms in total. The largest absolute Gasteiger partial charge is 0.417 e. The first-order valence-electron chi connectivity index (χ1n) is 5.66. The number of anilines is 1. The Balaban J connectivity index is 2.31. The number of hydrogen-bond acceptors (Lipinski definition) is 1. The maximum atomic E-state index is 12.7. The van der Waals surface area contributed by atoms with Gasteiger partial charge < -0.3 is 4.90 Å². The lowest BCUT2D eigenvalue weighted by molar-refractivity contribution is -0.137. The van der Waals surface area contributed by atoms with Gasteiger partial charge in [0.2, 0.25) is 0 Å². The second kappa shape index (κ2) is 5.40. The van der Waals surface area contributed by atoms with Crippen LogP contribution in [0.5, 0.6) is 0 Å². The van der Waals surface area contributed by atoms with Crippen LogP contribution in [-0.2, 0) is 6.18 Å². The third-order valence-corrected chi connectivity index (χ3v) is 3.26. The molecular weight excluding hydrogens is 364 g/mol. The molecule has 0 aromatic heterocycles. The topological polar surface area (TPSA) is 3.24 Å². The van der Waals surface area contributed by atoms with Crippen LogP contribution < -0.4 is 4.90 Å². The third kappa shape index (κ3) is 3.81. The number of nitrogens with zero attached hydrogens (tertiary/aromatic N) is 1. The molecule has 0 saturated carbocycles. The molecule has 1 heterocycles. The van der Waals surface area contributed by atoms with Gasteiger partial charge in [0.15, 0.2) is 0 Å². The minimum Gasteiger partial charge on any atom is -0.342 e. The zero-order chi connectivity index (χ0) is 15.8. The van der Waals surface area contributed by atoms with Gasteiger partial charge >= 0.3 is 12.4 Å². The van der Waals surface area contributed by atoms with Gasteiger partial charge in [-0.2, -0.15) is 26.3 Å². The molecule has 1 aromatic carbocycles. The lowest BCUT2D eigenvalue weighted by Gasteiger charge is -2.26. The Labute approximate surface area is 124 Å². The van der Waals surface area contributed by atoms with Crippen LogP contribution in [0.15, 0.2) is 46.6 Å². The summed E-state index contributed by atoms with van der Waals surface area (Å²) in [5.74, 6) is 0. The first kappa shape index (κ1) is 15.9. The van der Waals surface area contributed by atoms with Crippen LogP contribution in [0.1, 0.15) is 5.56 Å². The molecule has 0 radical (unpaired) electrons. The second-order valence-corrected chi connectivity index (χ2v) is 5.36. The van der Waals surface area contributed by atoms with Gasteiger partial charge in [0.1, 0.15) is 0 Å². The number of hydrogen-bond donors (Lipinski definition) is 0. The summed E-state index contributed by atoms with van der Waals surface area (Å²) in [4.78, 5) is 1.23. The van der Waals surface area contributed by atoms with Crippen LogP contribution in [0, 0.1) is 0 Å². The van der Waals surface area contributed by atoms with Crippen LogP contribution in [-0.4, -0.2) is 12.7 Å². The van der Waals surface area contributed by atoms with E-state index in [-0.39, 0.29) is 16.7 Å². The molecule has 0 saturated heterocycles. The third-order valence-electron chi connectivity index (χ3n) is 2.78. The summed E-state index contributed by atoms with van der Waals surface area (Å²) in [6.45, 7) is 0.116. The highest BCUT2D eigenvalue weighted by molar-refractivity contribution is 9.11. The smallest absolute Gasteiger partial charge is 0.342 e. The predicted octanol–water partition coefficient (Wildman–Crippen LogP) is 5.25. The highest BCUT2D eigenvalue weighted by Crippen LogP contribution is 2.35. The average Bonchev–Trinajstić information content (AvgIpc) is 2.36. The zero-order valence-corrected chi connectivity index (χ0v) is 11.9. The van der Waals surface area contributed by atoms with Crippen molar-refractivity contribution in [1.29, 1.82) is 0 Å². The van der Waals surface area contributed by atoms with Crippen LogP contribution in [0.2, 0.25) is 0 Å². The molecule has 2 rings (SSSR count). The maximum absolute atomic E-state index is 12.7. The molecule has 0 amide bonds. The Morgan fingerprint density at radius 1 is 0.905 bits per heavy atom. The van der Waals surface area contributed by atoms with E-state index in [9.17, 15) is 26.3 Å². The van der Waals surface area contributed by atoms with Crippen LogP contribution in [0.25, 0.3) is 0 Å². The predicted molar refractivity (Wildman–Crippen MR) is 69.9 cm³/mol. The first-order chi connectivity index (χ1) is 9.57. The lowest BCUT2D eigenvalue weighted by atomic mass is 10.1. The summed E-state index contributed by atoms with van der Waals surface area (Å²) < 4.78 is 75.8. The van der Waals surface area contributed by atoms with E-state index in [2.05, 4.69) is 15.9 Å². The molecule has 0 fully saturated rings. The van der Waals surface area contributed by atoms with E-state index in [4.69, 9.17) is 0 Å². The van der Waals surface area contributed by atoms with Crippen molar-refractivity contribution in [3.63, 3.8) is 0 Å². The molecule has 1 aromatic rings. The number of halogens is 7. The highest BCUT2D eigenvalue weighted by atomic mass is 79.9. The molecular formula is C13H8BrF6N. The van der Waals surface area contributed by atoms with E-state index in [0.717, 1.165) is 36.5 Å². The van der Waals surface area contributed by atoms with Crippen molar-refractivity contribution in [1.82, 2.24) is 0 Å². The van der Waals surface area contributed by atoms with Gasteiger partial charge in [0.05, 0.1) is 17.7 Å². The summed E-state index contributed by atoms with van der Waals surface area (Å²) in [6, 6.07) is 3.95. The molecule has 114 valence electrons. The van der Waals surface area contributed by atoms with Crippen LogP contribution in [0.4, 0.5) is 32.0 Å². The highest BCUT2D eigenvalue weighted by Gasteiger charge is 2.35. The maximum Gasteiger partial charge on any atom is 0.417 e. The number of benzene rings is 1. The van der Waals surface area contributed by atoms with Crippen LogP contribution in [0.3, 0.4) is 0 Å². The standard InChI is InChI=1S/C13H8BrF6N/c14-10-5-9(13(18,19)20)6-21(7-10)11-3-1-8(2-4-11)12(15,16)17/h1-6H,7H2. The minimum absolute atomic E-state index is 0.116. The SMILES string of the molecule is FC(F)(F)C1=CN(c2ccc(C(F)(F)F)cc2)CC(Br)=C1. The molecule has 0 unspecified atom stereocenters. The first-order valence-corrected chi connectivity index (χ1v) is 6.45. The fourth-order valence-corrected chi connectivity index (χ4v) is 2.31. The summed E-state index contributed by atoms with van der Waals surface area (Å²) in [7, 11) is 0. The number of allylic oxidation sites excluding steroid dienone is 2. The molecule has 1 aliphatic rings. The van der Waals surface area contributed by atoms with E-state index >= 15 is 0 Å². The molecule has 0 aliphatic carbocycles. The van der Waals surface area contributed by atoms with E-state index in [1.54, 1.807) is 0 Å². The lowest BCUT2D eigenvalue weighted by Crippen LogP contribution is -2.25. The molecule has 0 atom stereocenters. The van der Waals surface area contributed by atoms with E-state index < -0.39 is 23.5 Å². The Morgan fingerprint density at radius 2 is 1.48 bits per heavy atom. The fourth-order valence-electron chi connectivity index (χ4n) is 1.79. The van der Waals surface area contributed by atoms with E-state index in [1.807, 2.05) is 0 Å². The normalized spacial score (nSPS) is 16.6. The summed E-state index contributed by atoms with van der Waals surface area (Å²) in [5, 5.41) is 0. The average molecular weight is 372 g/mol. The summed E-state index contributed by atoms with van der Waals surface area (Å²) >= 11 is 3.00. The van der Waals surface area contributed by atoms with Crippen LogP contribution >= 0.6 is 15.9 Å². The number of alkyl halides is 6. The fraction of sp³-hybridized carbons (Fsp3) is 0.231. The van der Waals surface area contributed by atoms with E-state index in [1.165, 1.54) is 4.90 Å². The molecule has 21 heavy (non-hydrogen) atoms. The van der Waals surface area contributed by atoms with Crippen molar-refractivity contribution in [2.45, 2.75) is 12.4 Å². The Morgan fingerprint density at radius 3 is 1.95 bits per heavy atom. The Bertz CT molecular complexity index is 582. The van der Waals surface area contributed by atoms with E-state index in [0.29, 0.717) is 0 Å². The molecule has 1 aliphatic heterocycles. The van der Waals surface area contributed by atoms with Crippen molar-refractivity contribution >= 4 is 21.6 Å². The van der Waals surface area contributed by atoms with Gasteiger partial charge in [-0.15, -0.1) is 0 Å². The van der Waals surface area contributed by atoms with Gasteiger partial charge in [0, 0.05) is 16.4 Å². The monoisotopic (exact) mass is 371 g/mol. The Hall–Kier alpha value is -1.44. The van der Waals surface area contributed by atoms with Crippen molar-refractivity contribution in [3.05, 3.63) is 52.2 Å². The molecule has 0 bridgehead atoms. The summed E-state index contributed by atoms with van der Waals surface area (Å²) in [6.07, 6.45) is -7.19.